The summed E-state index contributed by atoms with van der Waals surface area (Å²) in [7, 11) is 3.22. The lowest BCUT2D eigenvalue weighted by atomic mass is 10.2. The predicted molar refractivity (Wildman–Crippen MR) is 119 cm³/mol. The zero-order valence-electron chi connectivity index (χ0n) is 17.3. The van der Waals surface area contributed by atoms with Gasteiger partial charge < -0.3 is 20.1 Å². The highest BCUT2D eigenvalue weighted by Crippen LogP contribution is 2.30. The van der Waals surface area contributed by atoms with Crippen LogP contribution < -0.4 is 20.1 Å². The Morgan fingerprint density at radius 3 is 2.52 bits per heavy atom. The molecular formula is C22H24N6O3. The van der Waals surface area contributed by atoms with E-state index in [9.17, 15) is 4.79 Å². The number of hydrogen-bond acceptors (Lipinski definition) is 6. The van der Waals surface area contributed by atoms with Crippen LogP contribution in [-0.2, 0) is 4.79 Å². The molecule has 0 bridgehead atoms. The largest absolute Gasteiger partial charge is 0.497 e. The molecule has 1 amide bonds. The highest BCUT2D eigenvalue weighted by Gasteiger charge is 2.29. The molecule has 2 aromatic carbocycles. The number of fused-ring (bicyclic) bond motifs is 1. The topological polar surface area (TPSA) is 117 Å². The molecule has 1 fully saturated rings. The van der Waals surface area contributed by atoms with Crippen LogP contribution in [0.4, 0.5) is 17.3 Å². The SMILES string of the molecule is COc1ccc(NC(=O)C2CC2)cc1.COc1cn[nH]c1Nc1n[nH]c2ccccc12. The number of nitrogens with one attached hydrogen (secondary N) is 4. The predicted octanol–water partition coefficient (Wildman–Crippen LogP) is 4.08. The molecule has 160 valence electrons. The van der Waals surface area contributed by atoms with Crippen LogP contribution >= 0.6 is 0 Å². The van der Waals surface area contributed by atoms with Crippen molar-refractivity contribution in [3.63, 3.8) is 0 Å². The van der Waals surface area contributed by atoms with Crippen molar-refractivity contribution in [3.05, 3.63) is 54.7 Å². The molecule has 4 aromatic rings. The van der Waals surface area contributed by atoms with Crippen molar-refractivity contribution in [1.29, 1.82) is 0 Å². The molecule has 2 aromatic heterocycles. The standard InChI is InChI=1S/C11H11N5O.C11H13NO2/c1-17-9-6-12-15-11(9)13-10-7-4-2-3-5-8(7)14-16-10;1-14-10-6-4-9(5-7-10)12-11(13)8-2-3-8/h2-6H,1H3,(H3,12,13,14,15,16);4-8H,2-3H2,1H3,(H,12,13). The van der Waals surface area contributed by atoms with Crippen molar-refractivity contribution in [1.82, 2.24) is 20.4 Å². The van der Waals surface area contributed by atoms with Crippen molar-refractivity contribution < 1.29 is 14.3 Å². The van der Waals surface area contributed by atoms with Gasteiger partial charge in [0, 0.05) is 17.0 Å². The summed E-state index contributed by atoms with van der Waals surface area (Å²) in [5.74, 6) is 3.26. The fourth-order valence-corrected chi connectivity index (χ4v) is 2.96. The molecule has 0 saturated heterocycles. The Bertz CT molecular complexity index is 1150. The lowest BCUT2D eigenvalue weighted by Gasteiger charge is -2.04. The van der Waals surface area contributed by atoms with Crippen LogP contribution in [0.25, 0.3) is 10.9 Å². The first-order valence-corrected chi connectivity index (χ1v) is 9.90. The number of hydrogen-bond donors (Lipinski definition) is 4. The maximum atomic E-state index is 11.4. The van der Waals surface area contributed by atoms with Gasteiger partial charge in [-0.15, -0.1) is 0 Å². The van der Waals surface area contributed by atoms with Crippen LogP contribution in [0.1, 0.15) is 12.8 Å². The number of aromatic nitrogens is 4. The zero-order valence-corrected chi connectivity index (χ0v) is 17.3. The second kappa shape index (κ2) is 9.21. The zero-order chi connectivity index (χ0) is 21.6. The monoisotopic (exact) mass is 420 g/mol. The van der Waals surface area contributed by atoms with Crippen LogP contribution in [0.15, 0.2) is 54.7 Å². The Kier molecular flexibility index (Phi) is 6.02. The van der Waals surface area contributed by atoms with Crippen LogP contribution in [0, 0.1) is 5.92 Å². The second-order valence-electron chi connectivity index (χ2n) is 7.05. The van der Waals surface area contributed by atoms with Gasteiger partial charge in [0.1, 0.15) is 5.75 Å². The minimum Gasteiger partial charge on any atom is -0.497 e. The first-order chi connectivity index (χ1) is 15.2. The third-order valence-corrected chi connectivity index (χ3v) is 4.84. The minimum absolute atomic E-state index is 0.134. The van der Waals surface area contributed by atoms with Gasteiger partial charge in [-0.1, -0.05) is 12.1 Å². The summed E-state index contributed by atoms with van der Waals surface area (Å²) >= 11 is 0. The van der Waals surface area contributed by atoms with Gasteiger partial charge in [0.15, 0.2) is 17.4 Å². The summed E-state index contributed by atoms with van der Waals surface area (Å²) in [6.45, 7) is 0. The number of carbonyl (C=O) groups excluding carboxylic acids is 1. The van der Waals surface area contributed by atoms with E-state index in [1.165, 1.54) is 0 Å². The average molecular weight is 420 g/mol. The van der Waals surface area contributed by atoms with Crippen molar-refractivity contribution in [2.45, 2.75) is 12.8 Å². The third kappa shape index (κ3) is 4.95. The number of nitrogens with zero attached hydrogens (tertiary/aromatic N) is 2. The van der Waals surface area contributed by atoms with Gasteiger partial charge in [0.2, 0.25) is 5.91 Å². The number of anilines is 3. The summed E-state index contributed by atoms with van der Waals surface area (Å²) in [6.07, 6.45) is 3.67. The number of methoxy groups -OCH3 is 2. The third-order valence-electron chi connectivity index (χ3n) is 4.84. The number of para-hydroxylation sites is 1. The summed E-state index contributed by atoms with van der Waals surface area (Å²) in [4.78, 5) is 11.4. The number of H-pyrrole nitrogens is 2. The Morgan fingerprint density at radius 1 is 1.03 bits per heavy atom. The van der Waals surface area contributed by atoms with Crippen molar-refractivity contribution >= 4 is 34.1 Å². The Balaban J connectivity index is 0.000000152. The second-order valence-corrected chi connectivity index (χ2v) is 7.05. The van der Waals surface area contributed by atoms with E-state index in [4.69, 9.17) is 9.47 Å². The highest BCUT2D eigenvalue weighted by molar-refractivity contribution is 5.94. The fraction of sp³-hybridized carbons (Fsp3) is 0.227. The van der Waals surface area contributed by atoms with Crippen LogP contribution in [-0.4, -0.2) is 40.5 Å². The van der Waals surface area contributed by atoms with Crippen molar-refractivity contribution in [2.75, 3.05) is 24.9 Å². The summed E-state index contributed by atoms with van der Waals surface area (Å²) in [5.41, 5.74) is 1.82. The van der Waals surface area contributed by atoms with E-state index in [1.807, 2.05) is 48.5 Å². The molecule has 0 atom stereocenters. The normalized spacial score (nSPS) is 12.6. The molecule has 0 aliphatic heterocycles. The van der Waals surface area contributed by atoms with E-state index >= 15 is 0 Å². The Morgan fingerprint density at radius 2 is 1.81 bits per heavy atom. The summed E-state index contributed by atoms with van der Waals surface area (Å²) in [5, 5.41) is 20.9. The van der Waals surface area contributed by atoms with Crippen molar-refractivity contribution in [2.24, 2.45) is 5.92 Å². The van der Waals surface area contributed by atoms with E-state index in [1.54, 1.807) is 20.4 Å². The van der Waals surface area contributed by atoms with Gasteiger partial charge in [-0.25, -0.2) is 0 Å². The molecular weight excluding hydrogens is 396 g/mol. The lowest BCUT2D eigenvalue weighted by Crippen LogP contribution is -2.12. The van der Waals surface area contributed by atoms with E-state index in [0.717, 1.165) is 41.0 Å². The Hall–Kier alpha value is -4.01. The molecule has 0 radical (unpaired) electrons. The smallest absolute Gasteiger partial charge is 0.227 e. The number of rotatable bonds is 6. The molecule has 1 aliphatic carbocycles. The van der Waals surface area contributed by atoms with Gasteiger partial charge in [-0.2, -0.15) is 10.2 Å². The van der Waals surface area contributed by atoms with E-state index in [-0.39, 0.29) is 11.8 Å². The number of ether oxygens (including phenoxy) is 2. The van der Waals surface area contributed by atoms with Gasteiger partial charge in [-0.3, -0.25) is 15.0 Å². The molecule has 5 rings (SSSR count). The van der Waals surface area contributed by atoms with Crippen LogP contribution in [0.2, 0.25) is 0 Å². The Labute approximate surface area is 179 Å². The molecule has 9 nitrogen and oxygen atoms in total. The fourth-order valence-electron chi connectivity index (χ4n) is 2.96. The first-order valence-electron chi connectivity index (χ1n) is 9.90. The van der Waals surface area contributed by atoms with E-state index in [0.29, 0.717) is 11.6 Å². The first kappa shape index (κ1) is 20.3. The number of aromatic amines is 2. The maximum Gasteiger partial charge on any atom is 0.227 e. The molecule has 4 N–H and O–H groups in total. The molecule has 2 heterocycles. The maximum absolute atomic E-state index is 11.4. The summed E-state index contributed by atoms with van der Waals surface area (Å²) in [6, 6.07) is 15.2. The number of carbonyl (C=O) groups is 1. The van der Waals surface area contributed by atoms with Crippen molar-refractivity contribution in [3.8, 4) is 11.5 Å². The summed E-state index contributed by atoms with van der Waals surface area (Å²) < 4.78 is 10.2. The molecule has 1 aliphatic rings. The molecule has 9 heteroatoms. The molecule has 1 saturated carbocycles. The molecule has 0 spiro atoms. The quantitative estimate of drug-likeness (QED) is 0.373. The van der Waals surface area contributed by atoms with Gasteiger partial charge in [0.05, 0.1) is 25.9 Å². The molecule has 31 heavy (non-hydrogen) atoms. The number of benzene rings is 2. The van der Waals surface area contributed by atoms with Gasteiger partial charge >= 0.3 is 0 Å². The number of amides is 1. The van der Waals surface area contributed by atoms with E-state index < -0.39 is 0 Å². The molecule has 0 unspecified atom stereocenters. The van der Waals surface area contributed by atoms with E-state index in [2.05, 4.69) is 31.0 Å². The minimum atomic E-state index is 0.134. The van der Waals surface area contributed by atoms with Gasteiger partial charge in [0.25, 0.3) is 0 Å². The average Bonchev–Trinajstić information content (AvgIpc) is 3.45. The highest BCUT2D eigenvalue weighted by atomic mass is 16.5. The van der Waals surface area contributed by atoms with Crippen LogP contribution in [0.5, 0.6) is 11.5 Å². The van der Waals surface area contributed by atoms with Crippen LogP contribution in [0.3, 0.4) is 0 Å². The van der Waals surface area contributed by atoms with Gasteiger partial charge in [-0.05, 0) is 49.2 Å². The lowest BCUT2D eigenvalue weighted by molar-refractivity contribution is -0.117.